The van der Waals surface area contributed by atoms with Gasteiger partial charge in [0.1, 0.15) is 17.4 Å². The number of nitrogens with one attached hydrogen (secondary N) is 1. The van der Waals surface area contributed by atoms with Crippen LogP contribution in [-0.4, -0.2) is 97.7 Å². The maximum Gasteiger partial charge on any atom is 0.410 e. The number of rotatable bonds is 9. The molecule has 5 atom stereocenters. The van der Waals surface area contributed by atoms with E-state index in [1.807, 2.05) is 67.6 Å². The number of sulfonamides is 1. The SMILES string of the molecule is CCCCCS(=O)(=O)N(C)[C@H]1CC=CCCO[C@@H]2Cc3ccc(OC)cc3[C@H]2N(C(=O)OC(C)(C)C)C[C@@H](O)[C@H](Cc2ccccc2)NC1=O. The van der Waals surface area contributed by atoms with E-state index in [1.165, 1.54) is 11.9 Å². The van der Waals surface area contributed by atoms with Crippen LogP contribution < -0.4 is 10.1 Å². The molecule has 0 saturated heterocycles. The van der Waals surface area contributed by atoms with Gasteiger partial charge in [0.25, 0.3) is 0 Å². The molecule has 0 bridgehead atoms. The van der Waals surface area contributed by atoms with Crippen LogP contribution in [-0.2, 0) is 37.1 Å². The number of amides is 2. The van der Waals surface area contributed by atoms with Crippen LogP contribution in [0.2, 0.25) is 0 Å². The standard InChI is InChI=1S/C38H55N3O8S/c1-7-8-15-22-50(45,46)40(5)32-18-13-10-14-21-48-34-24-28-19-20-29(47-6)25-30(28)35(34)41(37(44)49-38(2,3)4)26-33(42)31(39-36(32)43)23-27-16-11-9-12-17-27/h9-13,16-17,19-20,25,31-35,42H,7-8,14-15,18,21-24,26H2,1-6H3,(H,39,43)/t31-,32-,33+,34+,35+/m0/s1. The molecule has 2 N–H and O–H groups in total. The number of β-amino-alcohol motifs (C(OH)–C–C–N with tert-alkyl or cyclic N) is 1. The quantitative estimate of drug-likeness (QED) is 0.269. The van der Waals surface area contributed by atoms with E-state index < -0.39 is 58.0 Å². The molecule has 2 aromatic rings. The summed E-state index contributed by atoms with van der Waals surface area (Å²) in [6.45, 7) is 7.49. The smallest absolute Gasteiger partial charge is 0.410 e. The fourth-order valence-corrected chi connectivity index (χ4v) is 7.94. The predicted molar refractivity (Wildman–Crippen MR) is 193 cm³/mol. The van der Waals surface area contributed by atoms with Gasteiger partial charge >= 0.3 is 6.09 Å². The molecule has 0 radical (unpaired) electrons. The maximum absolute atomic E-state index is 14.1. The molecule has 0 unspecified atom stereocenters. The Bertz CT molecular complexity index is 1560. The van der Waals surface area contributed by atoms with Gasteiger partial charge in [0.05, 0.1) is 50.3 Å². The summed E-state index contributed by atoms with van der Waals surface area (Å²) in [6.07, 6.45) is 4.92. The van der Waals surface area contributed by atoms with Gasteiger partial charge in [-0.25, -0.2) is 13.2 Å². The average molecular weight is 714 g/mol. The summed E-state index contributed by atoms with van der Waals surface area (Å²) in [7, 11) is -0.724. The van der Waals surface area contributed by atoms with Crippen molar-refractivity contribution in [1.29, 1.82) is 0 Å². The predicted octanol–water partition coefficient (Wildman–Crippen LogP) is 5.17. The van der Waals surface area contributed by atoms with Gasteiger partial charge in [-0.3, -0.25) is 9.69 Å². The molecule has 2 aliphatic rings. The number of aliphatic hydroxyl groups excluding tert-OH is 1. The molecule has 4 rings (SSSR count). The van der Waals surface area contributed by atoms with Gasteiger partial charge < -0.3 is 24.6 Å². The zero-order valence-corrected chi connectivity index (χ0v) is 31.2. The number of hydrogen-bond donors (Lipinski definition) is 2. The van der Waals surface area contributed by atoms with Crippen molar-refractivity contribution < 1.29 is 37.3 Å². The number of aliphatic hydroxyl groups is 1. The molecule has 50 heavy (non-hydrogen) atoms. The zero-order chi connectivity index (χ0) is 36.5. The number of benzene rings is 2. The summed E-state index contributed by atoms with van der Waals surface area (Å²) in [6, 6.07) is 12.6. The van der Waals surface area contributed by atoms with Crippen LogP contribution >= 0.6 is 0 Å². The van der Waals surface area contributed by atoms with Gasteiger partial charge in [0.15, 0.2) is 0 Å². The van der Waals surface area contributed by atoms with Crippen molar-refractivity contribution >= 4 is 22.0 Å². The van der Waals surface area contributed by atoms with E-state index in [2.05, 4.69) is 5.32 Å². The van der Waals surface area contributed by atoms with E-state index in [9.17, 15) is 23.1 Å². The first-order valence-corrected chi connectivity index (χ1v) is 19.3. The lowest BCUT2D eigenvalue weighted by Crippen LogP contribution is -2.56. The molecule has 1 heterocycles. The Hall–Kier alpha value is -3.45. The molecular formula is C38H55N3O8S. The normalized spacial score (nSPS) is 23.7. The minimum Gasteiger partial charge on any atom is -0.497 e. The first-order valence-electron chi connectivity index (χ1n) is 17.6. The topological polar surface area (TPSA) is 135 Å². The number of nitrogens with zero attached hydrogens (tertiary/aromatic N) is 2. The minimum absolute atomic E-state index is 0.0609. The molecule has 2 amide bonds. The Morgan fingerprint density at radius 3 is 2.54 bits per heavy atom. The van der Waals surface area contributed by atoms with Crippen LogP contribution in [0.15, 0.2) is 60.7 Å². The fraction of sp³-hybridized carbons (Fsp3) is 0.579. The van der Waals surface area contributed by atoms with Crippen molar-refractivity contribution in [2.75, 3.05) is 33.1 Å². The Morgan fingerprint density at radius 1 is 1.12 bits per heavy atom. The Balaban J connectivity index is 1.77. The van der Waals surface area contributed by atoms with Crippen molar-refractivity contribution in [3.8, 4) is 5.75 Å². The summed E-state index contributed by atoms with van der Waals surface area (Å²) in [5.41, 5.74) is 1.87. The third-order valence-electron chi connectivity index (χ3n) is 9.21. The molecule has 1 aliphatic heterocycles. The summed E-state index contributed by atoms with van der Waals surface area (Å²) in [5, 5.41) is 15.1. The van der Waals surface area contributed by atoms with Crippen molar-refractivity contribution in [2.24, 2.45) is 0 Å². The number of fused-ring (bicyclic) bond motifs is 3. The number of carbonyl (C=O) groups excluding carboxylic acids is 2. The van der Waals surface area contributed by atoms with Gasteiger partial charge in [0, 0.05) is 13.5 Å². The Morgan fingerprint density at radius 2 is 1.86 bits per heavy atom. The van der Waals surface area contributed by atoms with Gasteiger partial charge in [-0.2, -0.15) is 4.31 Å². The van der Waals surface area contributed by atoms with E-state index in [0.717, 1.165) is 33.8 Å². The molecule has 2 aromatic carbocycles. The van der Waals surface area contributed by atoms with Crippen LogP contribution in [0.1, 0.15) is 82.5 Å². The summed E-state index contributed by atoms with van der Waals surface area (Å²) in [5.74, 6) is 0.0381. The number of unbranched alkanes of at least 4 members (excludes halogenated alkanes) is 2. The van der Waals surface area contributed by atoms with E-state index in [1.54, 1.807) is 27.9 Å². The van der Waals surface area contributed by atoms with Crippen molar-refractivity contribution in [3.05, 3.63) is 77.4 Å². The van der Waals surface area contributed by atoms with Crippen molar-refractivity contribution in [1.82, 2.24) is 14.5 Å². The van der Waals surface area contributed by atoms with Crippen LogP contribution in [0, 0.1) is 0 Å². The van der Waals surface area contributed by atoms with Crippen LogP contribution in [0.3, 0.4) is 0 Å². The van der Waals surface area contributed by atoms with Crippen LogP contribution in [0.4, 0.5) is 4.79 Å². The number of carbonyl (C=O) groups is 2. The molecule has 0 aromatic heterocycles. The number of likely N-dealkylation sites (N-methyl/N-ethyl adjacent to an activating group) is 1. The molecule has 11 nitrogen and oxygen atoms in total. The lowest BCUT2D eigenvalue weighted by molar-refractivity contribution is -0.126. The molecule has 276 valence electrons. The molecular weight excluding hydrogens is 658 g/mol. The maximum atomic E-state index is 14.1. The third-order valence-corrected chi connectivity index (χ3v) is 11.1. The monoisotopic (exact) mass is 713 g/mol. The first-order chi connectivity index (χ1) is 23.7. The molecule has 12 heteroatoms. The number of methoxy groups -OCH3 is 1. The van der Waals surface area contributed by atoms with E-state index >= 15 is 0 Å². The van der Waals surface area contributed by atoms with Gasteiger partial charge in [-0.05, 0) is 75.3 Å². The highest BCUT2D eigenvalue weighted by Gasteiger charge is 2.43. The highest BCUT2D eigenvalue weighted by atomic mass is 32.2. The zero-order valence-electron chi connectivity index (χ0n) is 30.3. The first kappa shape index (κ1) is 39.3. The summed E-state index contributed by atoms with van der Waals surface area (Å²) >= 11 is 0. The van der Waals surface area contributed by atoms with Gasteiger partial charge in [0.2, 0.25) is 15.9 Å². The summed E-state index contributed by atoms with van der Waals surface area (Å²) < 4.78 is 45.8. The Kier molecular flexibility index (Phi) is 13.9. The minimum atomic E-state index is -3.75. The largest absolute Gasteiger partial charge is 0.497 e. The number of ether oxygens (including phenoxy) is 3. The lowest BCUT2D eigenvalue weighted by Gasteiger charge is -2.38. The second kappa shape index (κ2) is 17.7. The van der Waals surface area contributed by atoms with Crippen molar-refractivity contribution in [2.45, 2.75) is 109 Å². The lowest BCUT2D eigenvalue weighted by atomic mass is 9.98. The van der Waals surface area contributed by atoms with E-state index in [4.69, 9.17) is 14.2 Å². The number of hydrogen-bond acceptors (Lipinski definition) is 8. The highest BCUT2D eigenvalue weighted by Crippen LogP contribution is 2.41. The Labute approximate surface area is 298 Å². The highest BCUT2D eigenvalue weighted by molar-refractivity contribution is 7.89. The molecule has 1 aliphatic carbocycles. The van der Waals surface area contributed by atoms with Crippen LogP contribution in [0.25, 0.3) is 0 Å². The molecule has 0 spiro atoms. The van der Waals surface area contributed by atoms with Crippen LogP contribution in [0.5, 0.6) is 5.75 Å². The van der Waals surface area contributed by atoms with Gasteiger partial charge in [-0.15, -0.1) is 0 Å². The summed E-state index contributed by atoms with van der Waals surface area (Å²) in [4.78, 5) is 29.7. The fourth-order valence-electron chi connectivity index (χ4n) is 6.51. The van der Waals surface area contributed by atoms with E-state index in [-0.39, 0.29) is 25.1 Å². The average Bonchev–Trinajstić information content (AvgIpc) is 3.42. The third kappa shape index (κ3) is 10.5. The van der Waals surface area contributed by atoms with E-state index in [0.29, 0.717) is 31.6 Å². The molecule has 0 saturated carbocycles. The van der Waals surface area contributed by atoms with Gasteiger partial charge in [-0.1, -0.05) is 68.3 Å². The second-order valence-electron chi connectivity index (χ2n) is 14.2. The van der Waals surface area contributed by atoms with Crippen molar-refractivity contribution in [3.63, 3.8) is 0 Å². The molecule has 0 fully saturated rings. The second-order valence-corrected chi connectivity index (χ2v) is 16.3.